The maximum atomic E-state index is 12.9. The molecule has 1 aliphatic rings. The minimum Gasteiger partial charge on any atom is -0.394 e. The van der Waals surface area contributed by atoms with E-state index in [0.29, 0.717) is 30.6 Å². The molecule has 2 aromatic heterocycles. The molecule has 4 rings (SSSR count). The van der Waals surface area contributed by atoms with Gasteiger partial charge in [-0.15, -0.1) is 0 Å². The Morgan fingerprint density at radius 2 is 1.97 bits per heavy atom. The van der Waals surface area contributed by atoms with Crippen LogP contribution in [0.5, 0.6) is 0 Å². The van der Waals surface area contributed by atoms with Crippen molar-refractivity contribution in [3.63, 3.8) is 0 Å². The Labute approximate surface area is 180 Å². The van der Waals surface area contributed by atoms with Crippen LogP contribution < -0.4 is 10.6 Å². The van der Waals surface area contributed by atoms with E-state index in [-0.39, 0.29) is 24.3 Å². The average Bonchev–Trinajstić information content (AvgIpc) is 3.25. The lowest BCUT2D eigenvalue weighted by atomic mass is 9.94. The first kappa shape index (κ1) is 20.7. The zero-order chi connectivity index (χ0) is 21.6. The van der Waals surface area contributed by atoms with Gasteiger partial charge in [0.05, 0.1) is 35.7 Å². The summed E-state index contributed by atoms with van der Waals surface area (Å²) in [7, 11) is 0. The maximum Gasteiger partial charge on any atom is 0.255 e. The summed E-state index contributed by atoms with van der Waals surface area (Å²) in [4.78, 5) is 29.2. The highest BCUT2D eigenvalue weighted by Gasteiger charge is 2.26. The summed E-state index contributed by atoms with van der Waals surface area (Å²) in [6, 6.07) is 12.3. The van der Waals surface area contributed by atoms with Crippen LogP contribution in [0, 0.1) is 5.92 Å². The standard InChI is InChI=1S/C23H25N5O3/c29-15-20(17-5-2-1-3-6-17)27-23(31)19-14-26-28-10-8-16(11-21(19)28)12-25-22(30)18-7-4-9-24-13-18/h1-7,9,13-14,16,20,29H,8,10-12,15H2,(H,25,30)(H,27,31)/t16-,20-/m1/s1. The van der Waals surface area contributed by atoms with Crippen molar-refractivity contribution in [3.05, 3.63) is 83.4 Å². The quantitative estimate of drug-likeness (QED) is 0.540. The van der Waals surface area contributed by atoms with Gasteiger partial charge < -0.3 is 15.7 Å². The van der Waals surface area contributed by atoms with Crippen molar-refractivity contribution in [1.82, 2.24) is 25.4 Å². The van der Waals surface area contributed by atoms with E-state index in [1.54, 1.807) is 24.5 Å². The number of hydrogen-bond donors (Lipinski definition) is 3. The van der Waals surface area contributed by atoms with Crippen LogP contribution in [-0.2, 0) is 13.0 Å². The van der Waals surface area contributed by atoms with Crippen molar-refractivity contribution in [2.24, 2.45) is 5.92 Å². The zero-order valence-electron chi connectivity index (χ0n) is 17.1. The number of carbonyl (C=O) groups excluding carboxylic acids is 2. The molecular weight excluding hydrogens is 394 g/mol. The Morgan fingerprint density at radius 3 is 2.71 bits per heavy atom. The Hall–Kier alpha value is -3.52. The van der Waals surface area contributed by atoms with Gasteiger partial charge in [0.2, 0.25) is 0 Å². The SMILES string of the molecule is O=C(NC[C@@H]1CCn2ncc(C(=O)N[C@H](CO)c3ccccc3)c2C1)c1cccnc1. The highest BCUT2D eigenvalue weighted by Crippen LogP contribution is 2.23. The van der Waals surface area contributed by atoms with Gasteiger partial charge in [-0.05, 0) is 36.5 Å². The maximum absolute atomic E-state index is 12.9. The molecule has 0 saturated heterocycles. The molecule has 2 atom stereocenters. The number of nitrogens with zero attached hydrogens (tertiary/aromatic N) is 3. The van der Waals surface area contributed by atoms with Crippen molar-refractivity contribution in [2.45, 2.75) is 25.4 Å². The van der Waals surface area contributed by atoms with Gasteiger partial charge in [0.25, 0.3) is 11.8 Å². The second-order valence-corrected chi connectivity index (χ2v) is 7.66. The van der Waals surface area contributed by atoms with Crippen molar-refractivity contribution in [2.75, 3.05) is 13.2 Å². The number of nitrogens with one attached hydrogen (secondary N) is 2. The molecule has 8 nitrogen and oxygen atoms in total. The van der Waals surface area contributed by atoms with Crippen molar-refractivity contribution < 1.29 is 14.7 Å². The number of carbonyl (C=O) groups is 2. The molecule has 3 aromatic rings. The van der Waals surface area contributed by atoms with Crippen LogP contribution >= 0.6 is 0 Å². The van der Waals surface area contributed by atoms with E-state index in [9.17, 15) is 14.7 Å². The highest BCUT2D eigenvalue weighted by molar-refractivity contribution is 5.95. The topological polar surface area (TPSA) is 109 Å². The van der Waals surface area contributed by atoms with Crippen molar-refractivity contribution in [3.8, 4) is 0 Å². The molecule has 0 bridgehead atoms. The van der Waals surface area contributed by atoms with Gasteiger partial charge in [-0.3, -0.25) is 19.3 Å². The van der Waals surface area contributed by atoms with Gasteiger partial charge in [-0.25, -0.2) is 0 Å². The van der Waals surface area contributed by atoms with E-state index in [0.717, 1.165) is 17.7 Å². The van der Waals surface area contributed by atoms with Crippen LogP contribution in [0.25, 0.3) is 0 Å². The summed E-state index contributed by atoms with van der Waals surface area (Å²) in [6.45, 7) is 1.02. The summed E-state index contributed by atoms with van der Waals surface area (Å²) in [5.74, 6) is -0.206. The summed E-state index contributed by atoms with van der Waals surface area (Å²) in [5, 5.41) is 20.0. The van der Waals surface area contributed by atoms with Crippen molar-refractivity contribution in [1.29, 1.82) is 0 Å². The number of benzene rings is 1. The molecule has 31 heavy (non-hydrogen) atoms. The van der Waals surface area contributed by atoms with E-state index < -0.39 is 6.04 Å². The largest absolute Gasteiger partial charge is 0.394 e. The molecular formula is C23H25N5O3. The average molecular weight is 419 g/mol. The first-order valence-electron chi connectivity index (χ1n) is 10.3. The first-order valence-corrected chi connectivity index (χ1v) is 10.3. The third kappa shape index (κ3) is 4.80. The predicted octanol–water partition coefficient (Wildman–Crippen LogP) is 1.73. The van der Waals surface area contributed by atoms with Crippen LogP contribution in [0.4, 0.5) is 0 Å². The van der Waals surface area contributed by atoms with Crippen LogP contribution in [0.3, 0.4) is 0 Å². The van der Waals surface area contributed by atoms with Crippen LogP contribution in [0.2, 0.25) is 0 Å². The second kappa shape index (κ2) is 9.53. The molecule has 0 fully saturated rings. The van der Waals surface area contributed by atoms with Gasteiger partial charge in [0, 0.05) is 25.5 Å². The number of rotatable bonds is 7. The number of aliphatic hydroxyl groups is 1. The highest BCUT2D eigenvalue weighted by atomic mass is 16.3. The molecule has 0 radical (unpaired) electrons. The number of aromatic nitrogens is 3. The normalized spacial score (nSPS) is 16.2. The van der Waals surface area contributed by atoms with E-state index in [2.05, 4.69) is 20.7 Å². The minimum absolute atomic E-state index is 0.154. The number of pyridine rings is 1. The van der Waals surface area contributed by atoms with E-state index >= 15 is 0 Å². The lowest BCUT2D eigenvalue weighted by molar-refractivity contribution is 0.0910. The Kier molecular flexibility index (Phi) is 6.37. The van der Waals surface area contributed by atoms with E-state index in [1.807, 2.05) is 35.0 Å². The fourth-order valence-electron chi connectivity index (χ4n) is 3.85. The molecule has 1 aromatic carbocycles. The monoisotopic (exact) mass is 419 g/mol. The molecule has 1 aliphatic heterocycles. The molecule has 8 heteroatoms. The third-order valence-electron chi connectivity index (χ3n) is 5.59. The second-order valence-electron chi connectivity index (χ2n) is 7.66. The number of amides is 2. The van der Waals surface area contributed by atoms with Gasteiger partial charge in [0.15, 0.2) is 0 Å². The number of aryl methyl sites for hydroxylation is 1. The molecule has 3 heterocycles. The van der Waals surface area contributed by atoms with Gasteiger partial charge in [0.1, 0.15) is 0 Å². The van der Waals surface area contributed by atoms with Gasteiger partial charge >= 0.3 is 0 Å². The lowest BCUT2D eigenvalue weighted by Crippen LogP contribution is -2.35. The van der Waals surface area contributed by atoms with Gasteiger partial charge in [-0.1, -0.05) is 30.3 Å². The van der Waals surface area contributed by atoms with Gasteiger partial charge in [-0.2, -0.15) is 5.10 Å². The molecule has 160 valence electrons. The Balaban J connectivity index is 1.40. The number of aliphatic hydroxyl groups excluding tert-OH is 1. The van der Waals surface area contributed by atoms with E-state index in [1.165, 1.54) is 6.20 Å². The van der Waals surface area contributed by atoms with Crippen LogP contribution in [-0.4, -0.2) is 44.8 Å². The summed E-state index contributed by atoms with van der Waals surface area (Å²) in [6.07, 6.45) is 6.26. The first-order chi connectivity index (χ1) is 15.2. The third-order valence-corrected chi connectivity index (χ3v) is 5.59. The van der Waals surface area contributed by atoms with Crippen molar-refractivity contribution >= 4 is 11.8 Å². The summed E-state index contributed by atoms with van der Waals surface area (Å²) in [5.41, 5.74) is 2.74. The van der Waals surface area contributed by atoms with Crippen LogP contribution in [0.15, 0.2) is 61.1 Å². The molecule has 0 aliphatic carbocycles. The molecule has 0 saturated carbocycles. The molecule has 0 unspecified atom stereocenters. The fraction of sp³-hybridized carbons (Fsp3) is 0.304. The van der Waals surface area contributed by atoms with E-state index in [4.69, 9.17) is 0 Å². The summed E-state index contributed by atoms with van der Waals surface area (Å²) >= 11 is 0. The molecule has 2 amide bonds. The minimum atomic E-state index is -0.484. The fourth-order valence-corrected chi connectivity index (χ4v) is 3.85. The Morgan fingerprint density at radius 1 is 1.13 bits per heavy atom. The molecule has 3 N–H and O–H groups in total. The smallest absolute Gasteiger partial charge is 0.255 e. The zero-order valence-corrected chi connectivity index (χ0v) is 17.1. The Bertz CT molecular complexity index is 1040. The number of hydrogen-bond acceptors (Lipinski definition) is 5. The summed E-state index contributed by atoms with van der Waals surface area (Å²) < 4.78 is 1.85. The molecule has 0 spiro atoms. The van der Waals surface area contributed by atoms with Crippen LogP contribution in [0.1, 0.15) is 44.4 Å². The number of fused-ring (bicyclic) bond motifs is 1. The lowest BCUT2D eigenvalue weighted by Gasteiger charge is -2.24. The predicted molar refractivity (Wildman–Crippen MR) is 114 cm³/mol.